The van der Waals surface area contributed by atoms with Gasteiger partial charge in [-0.15, -0.1) is 0 Å². The predicted octanol–water partition coefficient (Wildman–Crippen LogP) is 4.47. The van der Waals surface area contributed by atoms with Crippen LogP contribution in [-0.4, -0.2) is 15.6 Å². The molecule has 1 atom stereocenters. The topological polar surface area (TPSA) is 54.3 Å². The zero-order valence-corrected chi connectivity index (χ0v) is 13.6. The quantitative estimate of drug-likeness (QED) is 0.673. The van der Waals surface area contributed by atoms with Gasteiger partial charge in [0.2, 0.25) is 5.91 Å². The molecule has 1 heterocycles. The van der Waals surface area contributed by atoms with E-state index in [1.807, 2.05) is 53.4 Å². The summed E-state index contributed by atoms with van der Waals surface area (Å²) in [6, 6.07) is 17.7. The molecule has 4 nitrogen and oxygen atoms in total. The molecule has 0 aliphatic rings. The van der Waals surface area contributed by atoms with Crippen LogP contribution in [0.15, 0.2) is 73.1 Å². The summed E-state index contributed by atoms with van der Waals surface area (Å²) in [5.41, 5.74) is 1.66. The molecule has 0 bridgehead atoms. The molecular formula is C19H17ClN2O2. The maximum absolute atomic E-state index is 12.4. The van der Waals surface area contributed by atoms with Gasteiger partial charge >= 0.3 is 0 Å². The molecule has 2 aromatic carbocycles. The lowest BCUT2D eigenvalue weighted by atomic mass is 10.0. The largest absolute Gasteiger partial charge is 0.508 e. The van der Waals surface area contributed by atoms with Crippen molar-refractivity contribution in [2.45, 2.75) is 12.5 Å². The van der Waals surface area contributed by atoms with Crippen LogP contribution in [0.25, 0.3) is 0 Å². The first-order valence-corrected chi connectivity index (χ1v) is 7.96. The molecule has 0 fully saturated rings. The lowest BCUT2D eigenvalue weighted by Crippen LogP contribution is -2.19. The lowest BCUT2D eigenvalue weighted by molar-refractivity contribution is -0.116. The summed E-state index contributed by atoms with van der Waals surface area (Å²) in [7, 11) is 0. The molecule has 0 aliphatic heterocycles. The van der Waals surface area contributed by atoms with Crippen molar-refractivity contribution in [3.8, 4) is 5.75 Å². The van der Waals surface area contributed by atoms with Crippen molar-refractivity contribution in [1.82, 2.24) is 4.57 Å². The maximum atomic E-state index is 12.4. The van der Waals surface area contributed by atoms with Gasteiger partial charge in [0.1, 0.15) is 5.75 Å². The van der Waals surface area contributed by atoms with Crippen molar-refractivity contribution >= 4 is 23.2 Å². The standard InChI is InChI=1S/C19H17ClN2O2/c20-15-5-3-14(4-6-15)18(22-11-1-2-12-22)13-19(24)21-16-7-9-17(23)10-8-16/h1-12,18,23H,13H2,(H,21,24). The Bertz CT molecular complexity index is 796. The van der Waals surface area contributed by atoms with Crippen LogP contribution in [0.5, 0.6) is 5.75 Å². The van der Waals surface area contributed by atoms with Gasteiger partial charge in [-0.3, -0.25) is 4.79 Å². The molecule has 0 saturated heterocycles. The highest BCUT2D eigenvalue weighted by atomic mass is 35.5. The fourth-order valence-corrected chi connectivity index (χ4v) is 2.69. The number of aromatic hydroxyl groups is 1. The molecule has 1 aromatic heterocycles. The smallest absolute Gasteiger partial charge is 0.226 e. The highest BCUT2D eigenvalue weighted by Gasteiger charge is 2.17. The molecule has 1 unspecified atom stereocenters. The number of phenols is 1. The van der Waals surface area contributed by atoms with E-state index in [1.54, 1.807) is 12.1 Å². The highest BCUT2D eigenvalue weighted by molar-refractivity contribution is 6.30. The summed E-state index contributed by atoms with van der Waals surface area (Å²) in [6.45, 7) is 0. The van der Waals surface area contributed by atoms with Crippen LogP contribution in [0.1, 0.15) is 18.0 Å². The van der Waals surface area contributed by atoms with Crippen LogP contribution in [0, 0.1) is 0 Å². The number of phenolic OH excluding ortho intramolecular Hbond substituents is 1. The Morgan fingerprint density at radius 2 is 1.67 bits per heavy atom. The van der Waals surface area contributed by atoms with E-state index < -0.39 is 0 Å². The highest BCUT2D eigenvalue weighted by Crippen LogP contribution is 2.25. The average Bonchev–Trinajstić information content (AvgIpc) is 3.10. The zero-order valence-electron chi connectivity index (χ0n) is 12.9. The van der Waals surface area contributed by atoms with E-state index in [9.17, 15) is 9.90 Å². The number of nitrogens with one attached hydrogen (secondary N) is 1. The molecule has 0 saturated carbocycles. The van der Waals surface area contributed by atoms with Crippen LogP contribution < -0.4 is 5.32 Å². The first kappa shape index (κ1) is 16.1. The number of nitrogens with zero attached hydrogens (tertiary/aromatic N) is 1. The third-order valence-corrected chi connectivity index (χ3v) is 4.02. The maximum Gasteiger partial charge on any atom is 0.226 e. The third-order valence-electron chi connectivity index (χ3n) is 3.77. The molecule has 0 spiro atoms. The summed E-state index contributed by atoms with van der Waals surface area (Å²) in [4.78, 5) is 12.4. The van der Waals surface area contributed by atoms with Gasteiger partial charge in [-0.25, -0.2) is 0 Å². The number of aromatic nitrogens is 1. The van der Waals surface area contributed by atoms with Crippen molar-refractivity contribution in [3.05, 3.63) is 83.6 Å². The zero-order chi connectivity index (χ0) is 16.9. The van der Waals surface area contributed by atoms with Crippen molar-refractivity contribution in [2.75, 3.05) is 5.32 Å². The van der Waals surface area contributed by atoms with Crippen LogP contribution in [0.3, 0.4) is 0 Å². The summed E-state index contributed by atoms with van der Waals surface area (Å²) < 4.78 is 2.00. The molecule has 3 aromatic rings. The van der Waals surface area contributed by atoms with E-state index in [2.05, 4.69) is 5.32 Å². The van der Waals surface area contributed by atoms with Crippen LogP contribution in [0.4, 0.5) is 5.69 Å². The Balaban J connectivity index is 1.77. The average molecular weight is 341 g/mol. The minimum absolute atomic E-state index is 0.102. The van der Waals surface area contributed by atoms with E-state index in [-0.39, 0.29) is 24.1 Å². The Morgan fingerprint density at radius 1 is 1.04 bits per heavy atom. The molecule has 5 heteroatoms. The van der Waals surface area contributed by atoms with Gasteiger partial charge in [-0.2, -0.15) is 0 Å². The van der Waals surface area contributed by atoms with Gasteiger partial charge in [0.25, 0.3) is 0 Å². The van der Waals surface area contributed by atoms with E-state index in [0.29, 0.717) is 10.7 Å². The Kier molecular flexibility index (Phi) is 4.87. The first-order valence-electron chi connectivity index (χ1n) is 7.58. The summed E-state index contributed by atoms with van der Waals surface area (Å²) >= 11 is 5.96. The van der Waals surface area contributed by atoms with Crippen molar-refractivity contribution in [2.24, 2.45) is 0 Å². The molecule has 0 radical (unpaired) electrons. The lowest BCUT2D eigenvalue weighted by Gasteiger charge is -2.19. The van der Waals surface area contributed by atoms with E-state index in [0.717, 1.165) is 5.56 Å². The van der Waals surface area contributed by atoms with Gasteiger partial charge in [0.05, 0.1) is 12.5 Å². The van der Waals surface area contributed by atoms with Crippen molar-refractivity contribution in [1.29, 1.82) is 0 Å². The van der Waals surface area contributed by atoms with Crippen molar-refractivity contribution in [3.63, 3.8) is 0 Å². The molecule has 3 rings (SSSR count). The summed E-state index contributed by atoms with van der Waals surface area (Å²) in [5, 5.41) is 12.8. The molecular weight excluding hydrogens is 324 g/mol. The molecule has 24 heavy (non-hydrogen) atoms. The number of hydrogen-bond donors (Lipinski definition) is 2. The van der Waals surface area contributed by atoms with Crippen LogP contribution in [-0.2, 0) is 4.79 Å². The number of rotatable bonds is 5. The number of anilines is 1. The second kappa shape index (κ2) is 7.23. The van der Waals surface area contributed by atoms with Gasteiger partial charge in [0, 0.05) is 23.1 Å². The van der Waals surface area contributed by atoms with Gasteiger partial charge < -0.3 is 15.0 Å². The number of benzene rings is 2. The fourth-order valence-electron chi connectivity index (χ4n) is 2.57. The van der Waals surface area contributed by atoms with Crippen LogP contribution in [0.2, 0.25) is 5.02 Å². The van der Waals surface area contributed by atoms with E-state index in [1.165, 1.54) is 12.1 Å². The number of carbonyl (C=O) groups excluding carboxylic acids is 1. The molecule has 0 aliphatic carbocycles. The van der Waals surface area contributed by atoms with E-state index >= 15 is 0 Å². The van der Waals surface area contributed by atoms with Crippen LogP contribution >= 0.6 is 11.6 Å². The normalized spacial score (nSPS) is 11.9. The second-order valence-electron chi connectivity index (χ2n) is 5.50. The monoisotopic (exact) mass is 340 g/mol. The third kappa shape index (κ3) is 3.97. The van der Waals surface area contributed by atoms with Gasteiger partial charge in [0.15, 0.2) is 0 Å². The first-order chi connectivity index (χ1) is 11.6. The molecule has 1 amide bonds. The Hall–Kier alpha value is -2.72. The van der Waals surface area contributed by atoms with Crippen molar-refractivity contribution < 1.29 is 9.90 Å². The molecule has 122 valence electrons. The number of carbonyl (C=O) groups is 1. The fraction of sp³-hybridized carbons (Fsp3) is 0.105. The van der Waals surface area contributed by atoms with Gasteiger partial charge in [-0.1, -0.05) is 23.7 Å². The minimum Gasteiger partial charge on any atom is -0.508 e. The van der Waals surface area contributed by atoms with Gasteiger partial charge in [-0.05, 0) is 54.1 Å². The SMILES string of the molecule is O=C(CC(c1ccc(Cl)cc1)n1cccc1)Nc1ccc(O)cc1. The number of halogens is 1. The second-order valence-corrected chi connectivity index (χ2v) is 5.93. The van der Waals surface area contributed by atoms with E-state index in [4.69, 9.17) is 11.6 Å². The Morgan fingerprint density at radius 3 is 2.29 bits per heavy atom. The summed E-state index contributed by atoms with van der Waals surface area (Å²) in [6.07, 6.45) is 4.16. The number of amides is 1. The molecule has 2 N–H and O–H groups in total. The minimum atomic E-state index is -0.116. The predicted molar refractivity (Wildman–Crippen MR) is 95.4 cm³/mol. The number of hydrogen-bond acceptors (Lipinski definition) is 2. The summed E-state index contributed by atoms with van der Waals surface area (Å²) in [5.74, 6) is 0.0636. The Labute approximate surface area is 145 Å².